The van der Waals surface area contributed by atoms with E-state index in [1.54, 1.807) is 11.8 Å². The van der Waals surface area contributed by atoms with Crippen molar-refractivity contribution in [1.82, 2.24) is 0 Å². The van der Waals surface area contributed by atoms with Crippen molar-refractivity contribution in [3.63, 3.8) is 0 Å². The van der Waals surface area contributed by atoms with E-state index in [1.807, 2.05) is 32.0 Å². The lowest BCUT2D eigenvalue weighted by Crippen LogP contribution is -2.05. The standard InChI is InChI=1S/C13H18OS/c1-4-7-15-9-13(14)12-8-10(2)5-6-11(12)3/h5-6,8H,4,7,9H2,1-3H3. The lowest BCUT2D eigenvalue weighted by atomic mass is 10.0. The maximum absolute atomic E-state index is 11.9. The zero-order chi connectivity index (χ0) is 11.3. The van der Waals surface area contributed by atoms with E-state index >= 15 is 0 Å². The molecule has 15 heavy (non-hydrogen) atoms. The second-order valence-electron chi connectivity index (χ2n) is 3.79. The van der Waals surface area contributed by atoms with Crippen molar-refractivity contribution in [3.8, 4) is 0 Å². The largest absolute Gasteiger partial charge is 0.293 e. The van der Waals surface area contributed by atoms with Gasteiger partial charge in [0.2, 0.25) is 0 Å². The number of thioether (sulfide) groups is 1. The fourth-order valence-corrected chi connectivity index (χ4v) is 2.20. The van der Waals surface area contributed by atoms with Gasteiger partial charge in [-0.05, 0) is 37.7 Å². The number of hydrogen-bond acceptors (Lipinski definition) is 2. The maximum Gasteiger partial charge on any atom is 0.172 e. The Kier molecular flexibility index (Phi) is 4.89. The third-order valence-electron chi connectivity index (χ3n) is 2.28. The summed E-state index contributed by atoms with van der Waals surface area (Å²) < 4.78 is 0. The molecule has 0 aliphatic rings. The van der Waals surface area contributed by atoms with Crippen LogP contribution in [0.5, 0.6) is 0 Å². The summed E-state index contributed by atoms with van der Waals surface area (Å²) >= 11 is 1.72. The Morgan fingerprint density at radius 2 is 2.07 bits per heavy atom. The fraction of sp³-hybridized carbons (Fsp3) is 0.462. The molecule has 0 aliphatic heterocycles. The molecule has 0 aliphatic carbocycles. The number of benzene rings is 1. The molecular weight excluding hydrogens is 204 g/mol. The average Bonchev–Trinajstić information content (AvgIpc) is 2.22. The SMILES string of the molecule is CCCSCC(=O)c1cc(C)ccc1C. The van der Waals surface area contributed by atoms with E-state index < -0.39 is 0 Å². The third kappa shape index (κ3) is 3.71. The van der Waals surface area contributed by atoms with Gasteiger partial charge in [-0.1, -0.05) is 24.6 Å². The first-order chi connectivity index (χ1) is 7.15. The van der Waals surface area contributed by atoms with Crippen molar-refractivity contribution in [2.45, 2.75) is 27.2 Å². The van der Waals surface area contributed by atoms with Gasteiger partial charge in [-0.25, -0.2) is 0 Å². The van der Waals surface area contributed by atoms with Crippen LogP contribution in [0.3, 0.4) is 0 Å². The summed E-state index contributed by atoms with van der Waals surface area (Å²) in [5.74, 6) is 1.93. The number of Topliss-reactive ketones (excluding diaryl/α,β-unsaturated/α-hetero) is 1. The molecule has 0 aromatic heterocycles. The summed E-state index contributed by atoms with van der Waals surface area (Å²) in [4.78, 5) is 11.9. The summed E-state index contributed by atoms with van der Waals surface area (Å²) in [5.41, 5.74) is 3.13. The number of ketones is 1. The van der Waals surface area contributed by atoms with E-state index in [-0.39, 0.29) is 5.78 Å². The normalized spacial score (nSPS) is 10.3. The first-order valence-electron chi connectivity index (χ1n) is 5.33. The van der Waals surface area contributed by atoms with Crippen LogP contribution in [-0.2, 0) is 0 Å². The van der Waals surface area contributed by atoms with Crippen molar-refractivity contribution in [2.24, 2.45) is 0 Å². The zero-order valence-electron chi connectivity index (χ0n) is 9.67. The van der Waals surface area contributed by atoms with Gasteiger partial charge in [0, 0.05) is 5.56 Å². The number of rotatable bonds is 5. The van der Waals surface area contributed by atoms with Gasteiger partial charge in [-0.3, -0.25) is 4.79 Å². The van der Waals surface area contributed by atoms with Crippen LogP contribution in [0.2, 0.25) is 0 Å². The molecule has 0 fully saturated rings. The molecule has 0 spiro atoms. The lowest BCUT2D eigenvalue weighted by molar-refractivity contribution is 0.102. The second-order valence-corrected chi connectivity index (χ2v) is 4.90. The number of carbonyl (C=O) groups is 1. The summed E-state index contributed by atoms with van der Waals surface area (Å²) in [6.45, 7) is 6.15. The first kappa shape index (κ1) is 12.3. The van der Waals surface area contributed by atoms with E-state index in [0.29, 0.717) is 5.75 Å². The van der Waals surface area contributed by atoms with Gasteiger partial charge in [0.15, 0.2) is 5.78 Å². The average molecular weight is 222 g/mol. The van der Waals surface area contributed by atoms with Gasteiger partial charge in [0.1, 0.15) is 0 Å². The van der Waals surface area contributed by atoms with E-state index in [0.717, 1.165) is 28.9 Å². The Labute approximate surface area is 96.3 Å². The van der Waals surface area contributed by atoms with E-state index in [4.69, 9.17) is 0 Å². The molecule has 1 nitrogen and oxygen atoms in total. The number of aryl methyl sites for hydroxylation is 2. The molecule has 0 N–H and O–H groups in total. The second kappa shape index (κ2) is 5.96. The quantitative estimate of drug-likeness (QED) is 0.559. The van der Waals surface area contributed by atoms with E-state index in [9.17, 15) is 4.79 Å². The molecule has 0 radical (unpaired) electrons. The predicted molar refractivity (Wildman–Crippen MR) is 67.9 cm³/mol. The van der Waals surface area contributed by atoms with Gasteiger partial charge < -0.3 is 0 Å². The maximum atomic E-state index is 11.9. The van der Waals surface area contributed by atoms with Gasteiger partial charge >= 0.3 is 0 Å². The highest BCUT2D eigenvalue weighted by molar-refractivity contribution is 7.99. The van der Waals surface area contributed by atoms with Crippen LogP contribution in [0.1, 0.15) is 34.8 Å². The monoisotopic (exact) mass is 222 g/mol. The summed E-state index contributed by atoms with van der Waals surface area (Å²) in [7, 11) is 0. The Bertz CT molecular complexity index is 344. The molecule has 0 saturated carbocycles. The molecule has 0 heterocycles. The highest BCUT2D eigenvalue weighted by Crippen LogP contribution is 2.14. The number of hydrogen-bond donors (Lipinski definition) is 0. The van der Waals surface area contributed by atoms with Crippen LogP contribution in [-0.4, -0.2) is 17.3 Å². The Hall–Kier alpha value is -0.760. The molecule has 2 heteroatoms. The summed E-state index contributed by atoms with van der Waals surface area (Å²) in [6, 6.07) is 6.06. The smallest absolute Gasteiger partial charge is 0.172 e. The van der Waals surface area contributed by atoms with Crippen molar-refractivity contribution in [3.05, 3.63) is 34.9 Å². The zero-order valence-corrected chi connectivity index (χ0v) is 10.5. The van der Waals surface area contributed by atoms with Crippen LogP contribution >= 0.6 is 11.8 Å². The van der Waals surface area contributed by atoms with Crippen LogP contribution in [0.4, 0.5) is 0 Å². The van der Waals surface area contributed by atoms with Crippen LogP contribution in [0.25, 0.3) is 0 Å². The lowest BCUT2D eigenvalue weighted by Gasteiger charge is -2.05. The molecule has 1 aromatic carbocycles. The van der Waals surface area contributed by atoms with Gasteiger partial charge in [0.25, 0.3) is 0 Å². The van der Waals surface area contributed by atoms with Crippen LogP contribution in [0, 0.1) is 13.8 Å². The molecule has 0 bridgehead atoms. The minimum atomic E-state index is 0.259. The molecule has 1 rings (SSSR count). The predicted octanol–water partition coefficient (Wildman–Crippen LogP) is 3.63. The van der Waals surface area contributed by atoms with Crippen molar-refractivity contribution in [2.75, 3.05) is 11.5 Å². The van der Waals surface area contributed by atoms with Crippen LogP contribution in [0.15, 0.2) is 18.2 Å². The Balaban J connectivity index is 2.68. The molecule has 82 valence electrons. The molecule has 0 saturated heterocycles. The van der Waals surface area contributed by atoms with Crippen molar-refractivity contribution < 1.29 is 4.79 Å². The van der Waals surface area contributed by atoms with Crippen molar-refractivity contribution >= 4 is 17.5 Å². The van der Waals surface area contributed by atoms with Gasteiger partial charge in [0.05, 0.1) is 5.75 Å². The minimum Gasteiger partial charge on any atom is -0.293 e. The molecule has 0 amide bonds. The van der Waals surface area contributed by atoms with Gasteiger partial charge in [-0.2, -0.15) is 11.8 Å². The first-order valence-corrected chi connectivity index (χ1v) is 6.48. The van der Waals surface area contributed by atoms with Gasteiger partial charge in [-0.15, -0.1) is 0 Å². The molecule has 1 aromatic rings. The van der Waals surface area contributed by atoms with Crippen LogP contribution < -0.4 is 0 Å². The van der Waals surface area contributed by atoms with Crippen molar-refractivity contribution in [1.29, 1.82) is 0 Å². The van der Waals surface area contributed by atoms with E-state index in [1.165, 1.54) is 0 Å². The third-order valence-corrected chi connectivity index (χ3v) is 3.44. The fourth-order valence-electron chi connectivity index (χ4n) is 1.42. The molecular formula is C13H18OS. The number of carbonyl (C=O) groups excluding carboxylic acids is 1. The Morgan fingerprint density at radius 3 is 2.73 bits per heavy atom. The Morgan fingerprint density at radius 1 is 1.33 bits per heavy atom. The summed E-state index contributed by atoms with van der Waals surface area (Å²) in [6.07, 6.45) is 1.13. The molecule has 0 atom stereocenters. The highest BCUT2D eigenvalue weighted by Gasteiger charge is 2.08. The molecule has 0 unspecified atom stereocenters. The summed E-state index contributed by atoms with van der Waals surface area (Å²) in [5, 5.41) is 0. The van der Waals surface area contributed by atoms with E-state index in [2.05, 4.69) is 6.92 Å². The highest BCUT2D eigenvalue weighted by atomic mass is 32.2. The topological polar surface area (TPSA) is 17.1 Å². The minimum absolute atomic E-state index is 0.259.